The second-order valence-electron chi connectivity index (χ2n) is 7.04. The van der Waals surface area contributed by atoms with Crippen LogP contribution in [-0.4, -0.2) is 36.6 Å². The van der Waals surface area contributed by atoms with E-state index in [9.17, 15) is 0 Å². The number of hydrogen-bond donors (Lipinski definition) is 1. The summed E-state index contributed by atoms with van der Waals surface area (Å²) in [7, 11) is 0. The Morgan fingerprint density at radius 2 is 2.10 bits per heavy atom. The first kappa shape index (κ1) is 13.3. The molecule has 0 bridgehead atoms. The minimum absolute atomic E-state index is 0.719. The molecule has 0 aromatic carbocycles. The minimum atomic E-state index is 0.719. The van der Waals surface area contributed by atoms with E-state index >= 15 is 0 Å². The summed E-state index contributed by atoms with van der Waals surface area (Å²) in [6, 6.07) is 6.18. The van der Waals surface area contributed by atoms with E-state index in [2.05, 4.69) is 27.7 Å². The molecular formula is C17H26N2S. The van der Waals surface area contributed by atoms with Crippen molar-refractivity contribution in [1.82, 2.24) is 10.2 Å². The Kier molecular flexibility index (Phi) is 3.84. The molecule has 1 saturated heterocycles. The van der Waals surface area contributed by atoms with Crippen molar-refractivity contribution in [3.8, 4) is 0 Å². The highest BCUT2D eigenvalue weighted by atomic mass is 32.1. The predicted octanol–water partition coefficient (Wildman–Crippen LogP) is 3.46. The zero-order chi connectivity index (χ0) is 13.4. The molecule has 20 heavy (non-hydrogen) atoms. The fourth-order valence-corrected chi connectivity index (χ4v) is 4.61. The van der Waals surface area contributed by atoms with Crippen LogP contribution in [0.5, 0.6) is 0 Å². The third-order valence-corrected chi connectivity index (χ3v) is 6.44. The lowest BCUT2D eigenvalue weighted by atomic mass is 9.85. The van der Waals surface area contributed by atoms with Gasteiger partial charge in [-0.3, -0.25) is 4.90 Å². The number of likely N-dealkylation sites (tertiary alicyclic amines) is 1. The molecule has 3 aliphatic rings. The first-order valence-corrected chi connectivity index (χ1v) is 9.27. The van der Waals surface area contributed by atoms with Crippen LogP contribution in [0.1, 0.15) is 49.3 Å². The zero-order valence-corrected chi connectivity index (χ0v) is 13.1. The quantitative estimate of drug-likeness (QED) is 0.893. The number of nitrogens with one attached hydrogen (secondary N) is 1. The molecule has 2 saturated carbocycles. The Labute approximate surface area is 126 Å². The molecule has 0 radical (unpaired) electrons. The van der Waals surface area contributed by atoms with E-state index < -0.39 is 0 Å². The smallest absolute Gasteiger partial charge is 0.0201 e. The largest absolute Gasteiger partial charge is 0.312 e. The normalized spacial score (nSPS) is 32.2. The molecule has 1 aromatic rings. The van der Waals surface area contributed by atoms with Crippen LogP contribution in [0.3, 0.4) is 0 Å². The maximum Gasteiger partial charge on any atom is 0.0201 e. The summed E-state index contributed by atoms with van der Waals surface area (Å²) in [4.78, 5) is 4.37. The molecule has 2 nitrogen and oxygen atoms in total. The Balaban J connectivity index is 1.39. The highest BCUT2D eigenvalue weighted by Gasteiger charge is 2.36. The Bertz CT molecular complexity index is 422. The lowest BCUT2D eigenvalue weighted by molar-refractivity contribution is 0.156. The van der Waals surface area contributed by atoms with Crippen molar-refractivity contribution < 1.29 is 0 Å². The van der Waals surface area contributed by atoms with E-state index in [0.717, 1.165) is 23.9 Å². The van der Waals surface area contributed by atoms with Gasteiger partial charge in [-0.25, -0.2) is 0 Å². The van der Waals surface area contributed by atoms with Gasteiger partial charge in [-0.15, -0.1) is 11.3 Å². The Morgan fingerprint density at radius 1 is 1.20 bits per heavy atom. The summed E-state index contributed by atoms with van der Waals surface area (Å²) in [5.74, 6) is 1.75. The van der Waals surface area contributed by atoms with Gasteiger partial charge < -0.3 is 5.32 Å². The average molecular weight is 290 g/mol. The van der Waals surface area contributed by atoms with Gasteiger partial charge >= 0.3 is 0 Å². The summed E-state index contributed by atoms with van der Waals surface area (Å²) < 4.78 is 0. The van der Waals surface area contributed by atoms with Crippen LogP contribution in [-0.2, 0) is 0 Å². The number of piperidine rings is 1. The third-order valence-electron chi connectivity index (χ3n) is 5.41. The van der Waals surface area contributed by atoms with E-state index in [1.165, 1.54) is 58.2 Å². The fourth-order valence-electron chi connectivity index (χ4n) is 3.78. The molecular weight excluding hydrogens is 264 g/mol. The molecule has 2 heterocycles. The van der Waals surface area contributed by atoms with Gasteiger partial charge in [0.05, 0.1) is 0 Å². The zero-order valence-electron chi connectivity index (χ0n) is 12.3. The van der Waals surface area contributed by atoms with Gasteiger partial charge in [-0.2, -0.15) is 0 Å². The van der Waals surface area contributed by atoms with Crippen LogP contribution in [0.4, 0.5) is 0 Å². The van der Waals surface area contributed by atoms with Crippen LogP contribution in [0.15, 0.2) is 17.5 Å². The van der Waals surface area contributed by atoms with Crippen molar-refractivity contribution in [3.05, 3.63) is 22.4 Å². The molecule has 0 spiro atoms. The molecule has 1 aromatic heterocycles. The van der Waals surface area contributed by atoms with Gasteiger partial charge in [-0.1, -0.05) is 12.5 Å². The molecule has 2 unspecified atom stereocenters. The van der Waals surface area contributed by atoms with Crippen LogP contribution in [0.25, 0.3) is 0 Å². The molecule has 1 N–H and O–H groups in total. The highest BCUT2D eigenvalue weighted by molar-refractivity contribution is 7.10. The van der Waals surface area contributed by atoms with Crippen LogP contribution in [0.2, 0.25) is 0 Å². The Morgan fingerprint density at radius 3 is 2.75 bits per heavy atom. The highest BCUT2D eigenvalue weighted by Crippen LogP contribution is 2.36. The SMILES string of the molecule is c1csc(C2CC(NCC3CCC3)CN(C3CC3)C2)c1. The molecule has 0 amide bonds. The van der Waals surface area contributed by atoms with Crippen molar-refractivity contribution in [1.29, 1.82) is 0 Å². The lowest BCUT2D eigenvalue weighted by Crippen LogP contribution is -2.50. The number of thiophene rings is 1. The maximum atomic E-state index is 3.89. The molecule has 2 aliphatic carbocycles. The van der Waals surface area contributed by atoms with E-state index in [4.69, 9.17) is 0 Å². The van der Waals surface area contributed by atoms with Crippen molar-refractivity contribution in [2.75, 3.05) is 19.6 Å². The average Bonchev–Trinajstić information content (AvgIpc) is 3.12. The molecule has 2 atom stereocenters. The van der Waals surface area contributed by atoms with Crippen LogP contribution >= 0.6 is 11.3 Å². The third kappa shape index (κ3) is 2.95. The number of rotatable bonds is 5. The van der Waals surface area contributed by atoms with Crippen LogP contribution < -0.4 is 5.32 Å². The van der Waals surface area contributed by atoms with Gasteiger partial charge in [0.25, 0.3) is 0 Å². The van der Waals surface area contributed by atoms with Crippen molar-refractivity contribution in [3.63, 3.8) is 0 Å². The van der Waals surface area contributed by atoms with Gasteiger partial charge in [0.2, 0.25) is 0 Å². The van der Waals surface area contributed by atoms with E-state index in [0.29, 0.717) is 0 Å². The summed E-state index contributed by atoms with van der Waals surface area (Å²) in [6.45, 7) is 3.85. The topological polar surface area (TPSA) is 15.3 Å². The second-order valence-corrected chi connectivity index (χ2v) is 8.01. The maximum absolute atomic E-state index is 3.89. The predicted molar refractivity (Wildman–Crippen MR) is 85.4 cm³/mol. The standard InChI is InChI=1S/C17H26N2S/c1-3-13(4-1)10-18-15-9-14(17-5-2-8-20-17)11-19(12-15)16-6-7-16/h2,5,8,13-16,18H,1,3-4,6-7,9-12H2. The molecule has 3 heteroatoms. The number of hydrogen-bond acceptors (Lipinski definition) is 3. The molecule has 3 fully saturated rings. The van der Waals surface area contributed by atoms with Crippen LogP contribution in [0, 0.1) is 5.92 Å². The van der Waals surface area contributed by atoms with E-state index in [1.807, 2.05) is 11.3 Å². The second kappa shape index (κ2) is 5.78. The van der Waals surface area contributed by atoms with Crippen molar-refractivity contribution >= 4 is 11.3 Å². The minimum Gasteiger partial charge on any atom is -0.312 e. The summed E-state index contributed by atoms with van der Waals surface area (Å²) in [6.07, 6.45) is 8.60. The molecule has 4 rings (SSSR count). The van der Waals surface area contributed by atoms with Crippen molar-refractivity contribution in [2.45, 2.75) is 56.5 Å². The van der Waals surface area contributed by atoms with E-state index in [-0.39, 0.29) is 0 Å². The molecule has 1 aliphatic heterocycles. The Hall–Kier alpha value is -0.380. The first-order valence-electron chi connectivity index (χ1n) is 8.39. The van der Waals surface area contributed by atoms with Gasteiger partial charge in [0.1, 0.15) is 0 Å². The van der Waals surface area contributed by atoms with Gasteiger partial charge in [-0.05, 0) is 56.0 Å². The van der Waals surface area contributed by atoms with Gasteiger partial charge in [0, 0.05) is 36.0 Å². The lowest BCUT2D eigenvalue weighted by Gasteiger charge is -2.39. The summed E-state index contributed by atoms with van der Waals surface area (Å²) in [5, 5.41) is 6.13. The van der Waals surface area contributed by atoms with E-state index in [1.54, 1.807) is 4.88 Å². The molecule has 110 valence electrons. The van der Waals surface area contributed by atoms with Crippen molar-refractivity contribution in [2.24, 2.45) is 5.92 Å². The van der Waals surface area contributed by atoms with Gasteiger partial charge in [0.15, 0.2) is 0 Å². The number of nitrogens with zero attached hydrogens (tertiary/aromatic N) is 1. The monoisotopic (exact) mass is 290 g/mol. The summed E-state index contributed by atoms with van der Waals surface area (Å²) >= 11 is 1.95. The first-order chi connectivity index (χ1) is 9.88. The fraction of sp³-hybridized carbons (Fsp3) is 0.765. The summed E-state index contributed by atoms with van der Waals surface area (Å²) in [5.41, 5.74) is 0.